The van der Waals surface area contributed by atoms with Gasteiger partial charge in [0, 0.05) is 11.9 Å². The van der Waals surface area contributed by atoms with Crippen LogP contribution < -0.4 is 0 Å². The van der Waals surface area contributed by atoms with E-state index in [0.717, 1.165) is 18.5 Å². The average Bonchev–Trinajstić information content (AvgIpc) is 2.30. The summed E-state index contributed by atoms with van der Waals surface area (Å²) in [5.74, 6) is 0. The third-order valence-electron chi connectivity index (χ3n) is 2.30. The van der Waals surface area contributed by atoms with E-state index in [-0.39, 0.29) is 0 Å². The molecule has 76 valence electrons. The van der Waals surface area contributed by atoms with Gasteiger partial charge in [-0.3, -0.25) is 4.98 Å². The van der Waals surface area contributed by atoms with Crippen molar-refractivity contribution in [2.75, 3.05) is 0 Å². The fourth-order valence-corrected chi connectivity index (χ4v) is 1.58. The Bertz CT molecular complexity index is 408. The van der Waals surface area contributed by atoms with Gasteiger partial charge in [-0.05, 0) is 30.5 Å². The van der Waals surface area contributed by atoms with Crippen LogP contribution >= 0.6 is 11.6 Å². The number of rotatable bonds is 3. The van der Waals surface area contributed by atoms with Gasteiger partial charge in [-0.25, -0.2) is 0 Å². The summed E-state index contributed by atoms with van der Waals surface area (Å²) < 4.78 is 0. The first-order valence-electron chi connectivity index (χ1n) is 4.99. The molecular weight excluding hydrogens is 206 g/mol. The third kappa shape index (κ3) is 3.07. The van der Waals surface area contributed by atoms with E-state index in [2.05, 4.69) is 29.2 Å². The first-order valence-corrected chi connectivity index (χ1v) is 5.37. The van der Waals surface area contributed by atoms with Gasteiger partial charge in [0.15, 0.2) is 0 Å². The van der Waals surface area contributed by atoms with Gasteiger partial charge in [-0.15, -0.1) is 0 Å². The second-order valence-electron chi connectivity index (χ2n) is 3.45. The quantitative estimate of drug-likeness (QED) is 0.767. The maximum absolute atomic E-state index is 5.77. The standard InChI is InChI=1S/C13H12ClN/c14-12-7-9-13(15-10-12)8-6-11-4-2-1-3-5-11/h1-5,7,9-10H,6,8H2. The Hall–Kier alpha value is -1.34. The summed E-state index contributed by atoms with van der Waals surface area (Å²) in [6.45, 7) is 0. The van der Waals surface area contributed by atoms with Crippen LogP contribution in [0.25, 0.3) is 0 Å². The first kappa shape index (κ1) is 10.2. The van der Waals surface area contributed by atoms with Crippen LogP contribution in [-0.2, 0) is 12.8 Å². The van der Waals surface area contributed by atoms with Crippen LogP contribution in [0.2, 0.25) is 5.02 Å². The van der Waals surface area contributed by atoms with Crippen molar-refractivity contribution in [2.45, 2.75) is 12.8 Å². The smallest absolute Gasteiger partial charge is 0.0589 e. The van der Waals surface area contributed by atoms with Crippen molar-refractivity contribution in [3.8, 4) is 0 Å². The number of nitrogens with zero attached hydrogens (tertiary/aromatic N) is 1. The molecule has 1 aromatic heterocycles. The molecule has 0 saturated carbocycles. The van der Waals surface area contributed by atoms with Gasteiger partial charge >= 0.3 is 0 Å². The van der Waals surface area contributed by atoms with Crippen molar-refractivity contribution in [1.82, 2.24) is 4.98 Å². The molecule has 1 aromatic carbocycles. The molecule has 0 N–H and O–H groups in total. The lowest BCUT2D eigenvalue weighted by atomic mass is 10.1. The highest BCUT2D eigenvalue weighted by molar-refractivity contribution is 6.30. The second-order valence-corrected chi connectivity index (χ2v) is 3.89. The molecule has 0 amide bonds. The van der Waals surface area contributed by atoms with Crippen molar-refractivity contribution in [3.05, 3.63) is 64.9 Å². The van der Waals surface area contributed by atoms with Gasteiger partial charge < -0.3 is 0 Å². The average molecular weight is 218 g/mol. The Morgan fingerprint density at radius 2 is 1.73 bits per heavy atom. The predicted octanol–water partition coefficient (Wildman–Crippen LogP) is 3.52. The van der Waals surface area contributed by atoms with E-state index in [4.69, 9.17) is 11.6 Å². The van der Waals surface area contributed by atoms with Gasteiger partial charge in [-0.2, -0.15) is 0 Å². The predicted molar refractivity (Wildman–Crippen MR) is 63.1 cm³/mol. The molecule has 0 radical (unpaired) electrons. The van der Waals surface area contributed by atoms with E-state index in [0.29, 0.717) is 5.02 Å². The molecule has 0 unspecified atom stereocenters. The Morgan fingerprint density at radius 1 is 0.933 bits per heavy atom. The van der Waals surface area contributed by atoms with E-state index in [9.17, 15) is 0 Å². The van der Waals surface area contributed by atoms with Crippen molar-refractivity contribution < 1.29 is 0 Å². The summed E-state index contributed by atoms with van der Waals surface area (Å²) in [4.78, 5) is 4.26. The van der Waals surface area contributed by atoms with Crippen LogP contribution in [-0.4, -0.2) is 4.98 Å². The van der Waals surface area contributed by atoms with Gasteiger partial charge in [0.05, 0.1) is 5.02 Å². The summed E-state index contributed by atoms with van der Waals surface area (Å²) in [6.07, 6.45) is 3.68. The molecule has 1 heterocycles. The van der Waals surface area contributed by atoms with E-state index in [1.807, 2.05) is 18.2 Å². The molecular formula is C13H12ClN. The highest BCUT2D eigenvalue weighted by atomic mass is 35.5. The van der Waals surface area contributed by atoms with E-state index in [1.165, 1.54) is 5.56 Å². The van der Waals surface area contributed by atoms with Gasteiger partial charge in [0.1, 0.15) is 0 Å². The molecule has 0 atom stereocenters. The molecule has 0 spiro atoms. The molecule has 15 heavy (non-hydrogen) atoms. The normalized spacial score (nSPS) is 10.2. The molecule has 2 rings (SSSR count). The molecule has 0 bridgehead atoms. The number of hydrogen-bond acceptors (Lipinski definition) is 1. The van der Waals surface area contributed by atoms with E-state index < -0.39 is 0 Å². The largest absolute Gasteiger partial charge is 0.260 e. The molecule has 1 nitrogen and oxygen atoms in total. The lowest BCUT2D eigenvalue weighted by Crippen LogP contribution is -1.93. The van der Waals surface area contributed by atoms with Crippen molar-refractivity contribution in [2.24, 2.45) is 0 Å². The van der Waals surface area contributed by atoms with Crippen molar-refractivity contribution in [3.63, 3.8) is 0 Å². The Morgan fingerprint density at radius 3 is 2.40 bits per heavy atom. The fraction of sp³-hybridized carbons (Fsp3) is 0.154. The zero-order valence-corrected chi connectivity index (χ0v) is 9.11. The summed E-state index contributed by atoms with van der Waals surface area (Å²) in [5.41, 5.74) is 2.43. The Kier molecular flexibility index (Phi) is 3.36. The van der Waals surface area contributed by atoms with Gasteiger partial charge in [0.25, 0.3) is 0 Å². The second kappa shape index (κ2) is 4.94. The zero-order chi connectivity index (χ0) is 10.5. The summed E-state index contributed by atoms with van der Waals surface area (Å²) in [7, 11) is 0. The Balaban J connectivity index is 1.96. The summed E-state index contributed by atoms with van der Waals surface area (Å²) in [5, 5.41) is 0.693. The number of pyridine rings is 1. The molecule has 0 saturated heterocycles. The third-order valence-corrected chi connectivity index (χ3v) is 2.52. The highest BCUT2D eigenvalue weighted by Crippen LogP contribution is 2.09. The zero-order valence-electron chi connectivity index (χ0n) is 8.36. The number of benzene rings is 1. The number of hydrogen-bond donors (Lipinski definition) is 0. The maximum Gasteiger partial charge on any atom is 0.0589 e. The van der Waals surface area contributed by atoms with Crippen LogP contribution in [0.15, 0.2) is 48.7 Å². The van der Waals surface area contributed by atoms with Gasteiger partial charge in [-0.1, -0.05) is 41.9 Å². The minimum atomic E-state index is 0.693. The topological polar surface area (TPSA) is 12.9 Å². The lowest BCUT2D eigenvalue weighted by Gasteiger charge is -2.01. The number of aryl methyl sites for hydroxylation is 2. The van der Waals surface area contributed by atoms with E-state index >= 15 is 0 Å². The van der Waals surface area contributed by atoms with Crippen LogP contribution in [0, 0.1) is 0 Å². The van der Waals surface area contributed by atoms with Crippen molar-refractivity contribution >= 4 is 11.6 Å². The van der Waals surface area contributed by atoms with Crippen LogP contribution in [0.4, 0.5) is 0 Å². The van der Waals surface area contributed by atoms with Gasteiger partial charge in [0.2, 0.25) is 0 Å². The van der Waals surface area contributed by atoms with E-state index in [1.54, 1.807) is 6.20 Å². The maximum atomic E-state index is 5.77. The lowest BCUT2D eigenvalue weighted by molar-refractivity contribution is 0.914. The monoisotopic (exact) mass is 217 g/mol. The fourth-order valence-electron chi connectivity index (χ4n) is 1.47. The molecule has 0 aliphatic heterocycles. The summed E-state index contributed by atoms with van der Waals surface area (Å²) in [6, 6.07) is 14.3. The minimum Gasteiger partial charge on any atom is -0.260 e. The SMILES string of the molecule is Clc1ccc(CCc2ccccc2)nc1. The molecule has 2 heteroatoms. The molecule has 0 aliphatic carbocycles. The first-order chi connectivity index (χ1) is 7.34. The summed E-state index contributed by atoms with van der Waals surface area (Å²) >= 11 is 5.77. The van der Waals surface area contributed by atoms with Crippen LogP contribution in [0.3, 0.4) is 0 Å². The number of halogens is 1. The molecule has 0 fully saturated rings. The number of aromatic nitrogens is 1. The molecule has 0 aliphatic rings. The minimum absolute atomic E-state index is 0.693. The highest BCUT2D eigenvalue weighted by Gasteiger charge is 1.96. The molecule has 2 aromatic rings. The van der Waals surface area contributed by atoms with Crippen LogP contribution in [0.5, 0.6) is 0 Å². The van der Waals surface area contributed by atoms with Crippen LogP contribution in [0.1, 0.15) is 11.3 Å². The Labute approximate surface area is 94.7 Å². The van der Waals surface area contributed by atoms with Crippen molar-refractivity contribution in [1.29, 1.82) is 0 Å².